The molecule has 4 aromatic rings. The summed E-state index contributed by atoms with van der Waals surface area (Å²) >= 11 is 1.72. The van der Waals surface area contributed by atoms with E-state index in [0.29, 0.717) is 32.7 Å². The summed E-state index contributed by atoms with van der Waals surface area (Å²) in [6.07, 6.45) is 0.374. The van der Waals surface area contributed by atoms with Gasteiger partial charge in [-0.25, -0.2) is 0 Å². The van der Waals surface area contributed by atoms with E-state index >= 15 is 0 Å². The molecule has 0 saturated carbocycles. The average molecular weight is 501 g/mol. The van der Waals surface area contributed by atoms with Gasteiger partial charge in [-0.15, -0.1) is 11.3 Å². The van der Waals surface area contributed by atoms with Gasteiger partial charge in [-0.3, -0.25) is 9.69 Å². The predicted molar refractivity (Wildman–Crippen MR) is 146 cm³/mol. The van der Waals surface area contributed by atoms with E-state index in [0.717, 1.165) is 16.9 Å². The zero-order chi connectivity index (χ0) is 25.3. The average Bonchev–Trinajstić information content (AvgIpc) is 3.35. The minimum atomic E-state index is -0.973. The SMILES string of the molecule is Cc1cccc(COc2ccccc2CN(CCC(N)C(=O)O)Cc2cc(-c3ccccc3)cs2)c1. The molecule has 0 aliphatic heterocycles. The first kappa shape index (κ1) is 25.6. The van der Waals surface area contributed by atoms with Gasteiger partial charge in [0.25, 0.3) is 0 Å². The second-order valence-corrected chi connectivity index (χ2v) is 9.99. The Morgan fingerprint density at radius 1 is 0.972 bits per heavy atom. The van der Waals surface area contributed by atoms with Crippen LogP contribution >= 0.6 is 11.3 Å². The molecule has 0 bridgehead atoms. The Kier molecular flexibility index (Phi) is 8.90. The molecule has 1 atom stereocenters. The molecule has 0 fully saturated rings. The third kappa shape index (κ3) is 7.28. The van der Waals surface area contributed by atoms with E-state index in [-0.39, 0.29) is 0 Å². The van der Waals surface area contributed by atoms with E-state index in [4.69, 9.17) is 10.5 Å². The van der Waals surface area contributed by atoms with Crippen LogP contribution in [0.1, 0.15) is 28.0 Å². The molecule has 186 valence electrons. The third-order valence-electron chi connectivity index (χ3n) is 6.06. The monoisotopic (exact) mass is 500 g/mol. The number of carbonyl (C=O) groups is 1. The number of para-hydroxylation sites is 1. The summed E-state index contributed by atoms with van der Waals surface area (Å²) in [4.78, 5) is 14.8. The Labute approximate surface area is 216 Å². The van der Waals surface area contributed by atoms with Crippen molar-refractivity contribution in [2.24, 2.45) is 5.73 Å². The summed E-state index contributed by atoms with van der Waals surface area (Å²) < 4.78 is 6.21. The van der Waals surface area contributed by atoms with Crippen LogP contribution in [0.2, 0.25) is 0 Å². The number of aryl methyl sites for hydroxylation is 1. The number of nitrogens with two attached hydrogens (primary N) is 1. The maximum absolute atomic E-state index is 11.3. The van der Waals surface area contributed by atoms with Gasteiger partial charge >= 0.3 is 5.97 Å². The van der Waals surface area contributed by atoms with Crippen LogP contribution in [0.15, 0.2) is 90.3 Å². The number of ether oxygens (including phenoxy) is 1. The molecule has 0 radical (unpaired) electrons. The fourth-order valence-corrected chi connectivity index (χ4v) is 5.04. The molecule has 1 aromatic heterocycles. The number of hydrogen-bond acceptors (Lipinski definition) is 5. The Morgan fingerprint density at radius 2 is 1.75 bits per heavy atom. The Bertz CT molecular complexity index is 1270. The lowest BCUT2D eigenvalue weighted by molar-refractivity contribution is -0.138. The molecule has 3 N–H and O–H groups in total. The Balaban J connectivity index is 1.49. The molecule has 0 aliphatic rings. The van der Waals surface area contributed by atoms with Gasteiger partial charge in [0.1, 0.15) is 18.4 Å². The minimum Gasteiger partial charge on any atom is -0.489 e. The zero-order valence-electron chi connectivity index (χ0n) is 20.5. The van der Waals surface area contributed by atoms with Gasteiger partial charge in [0.05, 0.1) is 0 Å². The van der Waals surface area contributed by atoms with Crippen molar-refractivity contribution in [3.05, 3.63) is 112 Å². The molecule has 0 aliphatic carbocycles. The largest absolute Gasteiger partial charge is 0.489 e. The topological polar surface area (TPSA) is 75.8 Å². The number of nitrogens with zero attached hydrogens (tertiary/aromatic N) is 1. The van der Waals surface area contributed by atoms with Crippen molar-refractivity contribution < 1.29 is 14.6 Å². The number of hydrogen-bond donors (Lipinski definition) is 2. The lowest BCUT2D eigenvalue weighted by Crippen LogP contribution is -2.35. The van der Waals surface area contributed by atoms with Gasteiger partial charge < -0.3 is 15.6 Å². The lowest BCUT2D eigenvalue weighted by Gasteiger charge is -2.24. The van der Waals surface area contributed by atoms with Crippen LogP contribution in [0.3, 0.4) is 0 Å². The summed E-state index contributed by atoms with van der Waals surface area (Å²) in [6.45, 7) is 4.47. The number of rotatable bonds is 12. The van der Waals surface area contributed by atoms with Crippen molar-refractivity contribution in [1.29, 1.82) is 0 Å². The molecule has 36 heavy (non-hydrogen) atoms. The van der Waals surface area contributed by atoms with Gasteiger partial charge in [-0.2, -0.15) is 0 Å². The van der Waals surface area contributed by atoms with Crippen LogP contribution in [-0.2, 0) is 24.5 Å². The van der Waals surface area contributed by atoms with Crippen LogP contribution in [0, 0.1) is 6.92 Å². The third-order valence-corrected chi connectivity index (χ3v) is 6.98. The molecule has 5 nitrogen and oxygen atoms in total. The second-order valence-electron chi connectivity index (χ2n) is 9.00. The fourth-order valence-electron chi connectivity index (χ4n) is 4.10. The quantitative estimate of drug-likeness (QED) is 0.246. The molecule has 0 saturated heterocycles. The summed E-state index contributed by atoms with van der Waals surface area (Å²) in [6, 6.07) is 28.0. The maximum Gasteiger partial charge on any atom is 0.320 e. The molecule has 1 heterocycles. The van der Waals surface area contributed by atoms with E-state index in [2.05, 4.69) is 59.7 Å². The van der Waals surface area contributed by atoms with Crippen molar-refractivity contribution in [1.82, 2.24) is 4.90 Å². The first-order valence-electron chi connectivity index (χ1n) is 12.1. The van der Waals surface area contributed by atoms with Crippen LogP contribution in [-0.4, -0.2) is 28.6 Å². The summed E-state index contributed by atoms with van der Waals surface area (Å²) in [5.74, 6) is -0.137. The standard InChI is InChI=1S/C30H32N2O3S/c1-22-8-7-9-23(16-22)20-35-29-13-6-5-12-25(29)18-32(15-14-28(31)30(33)34)19-27-17-26(21-36-27)24-10-3-2-4-11-24/h2-13,16-17,21,28H,14-15,18-20,31H2,1H3,(H,33,34). The minimum absolute atomic E-state index is 0.374. The summed E-state index contributed by atoms with van der Waals surface area (Å²) in [7, 11) is 0. The molecular formula is C30H32N2O3S. The van der Waals surface area contributed by atoms with Crippen molar-refractivity contribution >= 4 is 17.3 Å². The van der Waals surface area contributed by atoms with E-state index in [1.807, 2.05) is 42.5 Å². The van der Waals surface area contributed by atoms with E-state index in [1.54, 1.807) is 11.3 Å². The van der Waals surface area contributed by atoms with Gasteiger partial charge in [-0.1, -0.05) is 78.4 Å². The van der Waals surface area contributed by atoms with E-state index < -0.39 is 12.0 Å². The van der Waals surface area contributed by atoms with Crippen molar-refractivity contribution in [2.45, 2.75) is 39.1 Å². The highest BCUT2D eigenvalue weighted by atomic mass is 32.1. The highest BCUT2D eigenvalue weighted by Gasteiger charge is 2.17. The second kappa shape index (κ2) is 12.5. The Morgan fingerprint density at radius 3 is 2.53 bits per heavy atom. The zero-order valence-corrected chi connectivity index (χ0v) is 21.3. The van der Waals surface area contributed by atoms with Gasteiger partial charge in [-0.05, 0) is 47.5 Å². The first-order chi connectivity index (χ1) is 17.5. The van der Waals surface area contributed by atoms with Crippen LogP contribution in [0.4, 0.5) is 0 Å². The molecule has 0 amide bonds. The summed E-state index contributed by atoms with van der Waals surface area (Å²) in [5.41, 5.74) is 11.6. The number of thiophene rings is 1. The number of carboxylic acid groups (broad SMARTS) is 1. The molecule has 6 heteroatoms. The number of carboxylic acids is 1. The van der Waals surface area contributed by atoms with Gasteiger partial charge in [0.2, 0.25) is 0 Å². The number of benzene rings is 3. The maximum atomic E-state index is 11.3. The van der Waals surface area contributed by atoms with E-state index in [9.17, 15) is 9.90 Å². The number of aliphatic carboxylic acids is 1. The highest BCUT2D eigenvalue weighted by Crippen LogP contribution is 2.28. The van der Waals surface area contributed by atoms with E-state index in [1.165, 1.54) is 21.6 Å². The predicted octanol–water partition coefficient (Wildman–Crippen LogP) is 6.11. The molecular weight excluding hydrogens is 468 g/mol. The normalized spacial score (nSPS) is 12.0. The van der Waals surface area contributed by atoms with Crippen LogP contribution in [0.5, 0.6) is 5.75 Å². The summed E-state index contributed by atoms with van der Waals surface area (Å²) in [5, 5.41) is 11.5. The van der Waals surface area contributed by atoms with Gasteiger partial charge in [0.15, 0.2) is 0 Å². The Hall–Kier alpha value is -3.45. The fraction of sp³-hybridized carbons (Fsp3) is 0.233. The highest BCUT2D eigenvalue weighted by molar-refractivity contribution is 7.10. The molecule has 0 spiro atoms. The lowest BCUT2D eigenvalue weighted by atomic mass is 10.1. The smallest absolute Gasteiger partial charge is 0.320 e. The molecule has 4 rings (SSSR count). The van der Waals surface area contributed by atoms with Crippen molar-refractivity contribution in [2.75, 3.05) is 6.54 Å². The van der Waals surface area contributed by atoms with Crippen LogP contribution in [0.25, 0.3) is 11.1 Å². The molecule has 3 aromatic carbocycles. The van der Waals surface area contributed by atoms with Crippen LogP contribution < -0.4 is 10.5 Å². The van der Waals surface area contributed by atoms with Crippen molar-refractivity contribution in [3.8, 4) is 16.9 Å². The first-order valence-corrected chi connectivity index (χ1v) is 13.0. The van der Waals surface area contributed by atoms with Crippen molar-refractivity contribution in [3.63, 3.8) is 0 Å². The van der Waals surface area contributed by atoms with Gasteiger partial charge in [0, 0.05) is 30.1 Å². The molecule has 1 unspecified atom stereocenters.